The van der Waals surface area contributed by atoms with Gasteiger partial charge < -0.3 is 53.7 Å². The Labute approximate surface area is 453 Å². The highest BCUT2D eigenvalue weighted by Gasteiger charge is 2.31. The fourth-order valence-electron chi connectivity index (χ4n) is 10.9. The van der Waals surface area contributed by atoms with Gasteiger partial charge in [0.2, 0.25) is 18.0 Å². The van der Waals surface area contributed by atoms with E-state index in [9.17, 15) is 9.59 Å². The Bertz CT molecular complexity index is 3620. The van der Waals surface area contributed by atoms with Gasteiger partial charge >= 0.3 is 0 Å². The molecule has 0 bridgehead atoms. The molecule has 79 heavy (non-hydrogen) atoms. The molecule has 414 valence electrons. The third-order valence-electron chi connectivity index (χ3n) is 15.3. The second-order valence-electron chi connectivity index (χ2n) is 20.7. The van der Waals surface area contributed by atoms with Crippen molar-refractivity contribution in [2.75, 3.05) is 63.6 Å². The van der Waals surface area contributed by atoms with E-state index in [4.69, 9.17) is 42.1 Å². The molecule has 0 aliphatic carbocycles. The maximum absolute atomic E-state index is 12.5. The van der Waals surface area contributed by atoms with Gasteiger partial charge in [-0.3, -0.25) is 19.0 Å². The molecule has 0 aromatic carbocycles. The molecule has 3 aliphatic rings. The summed E-state index contributed by atoms with van der Waals surface area (Å²) in [6, 6.07) is 5.43. The Hall–Kier alpha value is -8.53. The number of amides is 2. The van der Waals surface area contributed by atoms with E-state index in [2.05, 4.69) is 52.1 Å². The van der Waals surface area contributed by atoms with Crippen molar-refractivity contribution in [3.8, 4) is 33.4 Å². The van der Waals surface area contributed by atoms with Crippen LogP contribution in [0.2, 0.25) is 0 Å². The van der Waals surface area contributed by atoms with Crippen LogP contribution >= 0.6 is 0 Å². The minimum absolute atomic E-state index is 0.0287. The molecule has 3 fully saturated rings. The van der Waals surface area contributed by atoms with Gasteiger partial charge in [-0.25, -0.2) is 15.0 Å². The molecule has 27 heteroatoms. The molecule has 12 rings (SSSR count). The maximum Gasteiger partial charge on any atom is 0.237 e. The lowest BCUT2D eigenvalue weighted by atomic mass is 9.91. The molecule has 3 saturated heterocycles. The minimum atomic E-state index is -0.261. The third-order valence-corrected chi connectivity index (χ3v) is 15.3. The van der Waals surface area contributed by atoms with E-state index < -0.39 is 0 Å². The number of nitrogen functional groups attached to an aromatic ring is 3. The second kappa shape index (κ2) is 22.4. The summed E-state index contributed by atoms with van der Waals surface area (Å²) in [5.41, 5.74) is 29.4. The number of hydrogen-bond donors (Lipinski definition) is 9. The molecule has 0 spiro atoms. The summed E-state index contributed by atoms with van der Waals surface area (Å²) in [5.74, 6) is 2.11. The molecule has 0 unspecified atom stereocenters. The van der Waals surface area contributed by atoms with Crippen LogP contribution in [0.3, 0.4) is 0 Å². The number of fused-ring (bicyclic) bond motifs is 3. The molecule has 3 aliphatic heterocycles. The summed E-state index contributed by atoms with van der Waals surface area (Å²) in [5, 5.41) is 46.8. The first-order chi connectivity index (χ1) is 38.3. The highest BCUT2D eigenvalue weighted by atomic mass is 16.7. The topological polar surface area (TPSA) is 337 Å². The van der Waals surface area contributed by atoms with Gasteiger partial charge in [0.15, 0.2) is 24.0 Å². The fourth-order valence-corrected chi connectivity index (χ4v) is 10.9. The van der Waals surface area contributed by atoms with E-state index in [1.807, 2.05) is 75.0 Å². The van der Waals surface area contributed by atoms with Gasteiger partial charge in [0.25, 0.3) is 0 Å². The normalized spacial score (nSPS) is 20.6. The van der Waals surface area contributed by atoms with Gasteiger partial charge in [0.05, 0.1) is 71.3 Å². The van der Waals surface area contributed by atoms with E-state index in [-0.39, 0.29) is 54.3 Å². The first-order valence-electron chi connectivity index (χ1n) is 26.7. The Morgan fingerprint density at radius 2 is 1.11 bits per heavy atom. The molecule has 9 aromatic heterocycles. The number of nitrogens with one attached hydrogen (secondary N) is 5. The highest BCUT2D eigenvalue weighted by molar-refractivity contribution is 5.83. The van der Waals surface area contributed by atoms with E-state index in [1.54, 1.807) is 59.6 Å². The Morgan fingerprint density at radius 1 is 0.646 bits per heavy atom. The number of rotatable bonds is 14. The summed E-state index contributed by atoms with van der Waals surface area (Å²) < 4.78 is 10.4. The maximum atomic E-state index is 12.5. The molecule has 2 amide bonds. The number of aryl methyl sites for hydroxylation is 3. The zero-order valence-corrected chi connectivity index (χ0v) is 44.7. The van der Waals surface area contributed by atoms with Crippen LogP contribution in [0.15, 0.2) is 74.0 Å². The molecule has 6 atom stereocenters. The van der Waals surface area contributed by atoms with Gasteiger partial charge in [-0.15, -0.1) is 0 Å². The highest BCUT2D eigenvalue weighted by Crippen LogP contribution is 2.33. The van der Waals surface area contributed by atoms with Crippen LogP contribution in [0.25, 0.3) is 50.3 Å². The van der Waals surface area contributed by atoms with E-state index in [0.29, 0.717) is 62.2 Å². The quantitative estimate of drug-likeness (QED) is 0.0520. The van der Waals surface area contributed by atoms with Crippen LogP contribution in [0, 0.1) is 0 Å². The summed E-state index contributed by atoms with van der Waals surface area (Å²) in [6.45, 7) is 3.05. The van der Waals surface area contributed by atoms with Gasteiger partial charge in [-0.1, -0.05) is 4.68 Å². The second-order valence-corrected chi connectivity index (χ2v) is 20.7. The smallest absolute Gasteiger partial charge is 0.237 e. The number of hydrogen-bond acceptors (Lipinski definition) is 18. The predicted molar refractivity (Wildman–Crippen MR) is 293 cm³/mol. The average Bonchev–Trinajstić information content (AvgIpc) is 4.40. The van der Waals surface area contributed by atoms with E-state index in [0.717, 1.165) is 100 Å². The number of piperidine rings is 3. The Morgan fingerprint density at radius 3 is 1.53 bits per heavy atom. The fraction of sp³-hybridized carbons (Fsp3) is 0.442. The van der Waals surface area contributed by atoms with Crippen molar-refractivity contribution in [1.29, 1.82) is 0 Å². The van der Waals surface area contributed by atoms with Crippen LogP contribution in [0.5, 0.6) is 0 Å². The summed E-state index contributed by atoms with van der Waals surface area (Å²) >= 11 is 0. The monoisotopic (exact) mass is 1080 g/mol. The van der Waals surface area contributed by atoms with Crippen molar-refractivity contribution in [1.82, 2.24) is 94.8 Å². The molecular formula is C52H68N23O4+. The van der Waals surface area contributed by atoms with Gasteiger partial charge in [-0.2, -0.15) is 39.0 Å². The van der Waals surface area contributed by atoms with Crippen LogP contribution in [0.4, 0.5) is 17.5 Å². The Kier molecular flexibility index (Phi) is 14.9. The molecule has 12 heterocycles. The molecule has 9 aromatic rings. The van der Waals surface area contributed by atoms with Crippen molar-refractivity contribution < 1.29 is 24.2 Å². The number of likely N-dealkylation sites (N-methyl/N-ethyl adjacent to an activating group) is 1. The van der Waals surface area contributed by atoms with E-state index >= 15 is 0 Å². The first kappa shape index (κ1) is 52.5. The van der Waals surface area contributed by atoms with Crippen molar-refractivity contribution >= 4 is 46.2 Å². The number of carbonyl (C=O) groups excluding carboxylic acids is 2. The number of nitrogens with zero attached hydrogens (tertiary/aromatic N) is 15. The van der Waals surface area contributed by atoms with Crippen molar-refractivity contribution in [2.45, 2.75) is 80.8 Å². The average molecular weight is 1080 g/mol. The van der Waals surface area contributed by atoms with Crippen molar-refractivity contribution in [3.63, 3.8) is 0 Å². The SMILES string of the molecule is CNC(=O)[C@@H]1CC[C@H](c2cc(N)n3ncc(-c4cnn(C)c4)c3n2)CN1.Cn1cc(-c2cnn3c(N)cc([C@H]4CC[C@@H](COn5cc(-c6cnn7c(N)cc([C@H]8CC[C@@H](C(=O)NCCCO)NC8)nc67)c[n+]5C)NC4)nc23)cn1. The molecular weight excluding hydrogens is 1010 g/mol. The summed E-state index contributed by atoms with van der Waals surface area (Å²) in [6.07, 6.45) is 22.2. The number of aliphatic hydroxyl groups excluding tert-OH is 1. The molecule has 12 N–H and O–H groups in total. The number of aliphatic hydroxyl groups is 1. The van der Waals surface area contributed by atoms with Gasteiger partial charge in [-0.05, 0) is 44.9 Å². The van der Waals surface area contributed by atoms with Crippen LogP contribution in [-0.4, -0.2) is 150 Å². The zero-order valence-electron chi connectivity index (χ0n) is 44.7. The number of nitrogens with two attached hydrogens (primary N) is 3. The third kappa shape index (κ3) is 10.9. The summed E-state index contributed by atoms with van der Waals surface area (Å²) in [4.78, 5) is 47.1. The first-order valence-corrected chi connectivity index (χ1v) is 26.7. The summed E-state index contributed by atoms with van der Waals surface area (Å²) in [7, 11) is 7.35. The van der Waals surface area contributed by atoms with Gasteiger partial charge in [0, 0.05) is 135 Å². The molecule has 27 nitrogen and oxygen atoms in total. The van der Waals surface area contributed by atoms with Crippen LogP contribution in [-0.2, 0) is 30.7 Å². The van der Waals surface area contributed by atoms with Crippen molar-refractivity contribution in [3.05, 3.63) is 91.1 Å². The van der Waals surface area contributed by atoms with E-state index in [1.165, 1.54) is 0 Å². The van der Waals surface area contributed by atoms with Crippen LogP contribution < -0.4 is 53.3 Å². The molecule has 0 saturated carbocycles. The zero-order chi connectivity index (χ0) is 54.9. The number of aromatic nitrogens is 15. The lowest BCUT2D eigenvalue weighted by molar-refractivity contribution is -0.778. The number of carbonyl (C=O) groups is 2. The lowest BCUT2D eigenvalue weighted by Gasteiger charge is -2.29. The largest absolute Gasteiger partial charge is 0.396 e. The standard InChI is InChI=1S/C35H45N15O3.C17H22N8O/c1-46-17-23(14-41-46)26-15-42-49-31(36)10-29(44-33(26)49)21-4-6-25(39-12-21)20-53-48-19-24(18-47(48)2)27-16-43-50-32(37)11-30(45-34(27)50)22-5-7-28(40-13-22)35(52)38-8-3-9-51;1-19-17(26)13-4-3-10(6-20-13)14-5-15(18)25-16(23-14)12(8-22-25)11-7-21-24(2)9-11/h10-11,14-19,21-22,25,28,39-40,51H,3-9,12-13,20H2,1-2H3,(H4-,36,37,38,42,43,44,45,52);5,7-10,13,20H,3-4,6,18H2,1-2H3,(H,19,26)/p+1/t21-,22-,25-,28-;10-,13-/m00/s1. The van der Waals surface area contributed by atoms with Crippen LogP contribution in [0.1, 0.15) is 79.8 Å². The number of anilines is 3. The van der Waals surface area contributed by atoms with Gasteiger partial charge in [0.1, 0.15) is 30.3 Å². The molecule has 0 radical (unpaired) electrons. The lowest BCUT2D eigenvalue weighted by Crippen LogP contribution is -2.48. The Balaban J connectivity index is 0.000000212. The van der Waals surface area contributed by atoms with Crippen molar-refractivity contribution in [2.24, 2.45) is 21.1 Å². The predicted octanol–water partition coefficient (Wildman–Crippen LogP) is 0.222. The minimum Gasteiger partial charge on any atom is -0.396 e.